The zero-order chi connectivity index (χ0) is 15.8. The molecule has 3 N–H and O–H groups in total. The summed E-state index contributed by atoms with van der Waals surface area (Å²) in [6, 6.07) is 4.72. The van der Waals surface area contributed by atoms with Crippen LogP contribution in [0.2, 0.25) is 0 Å². The molecule has 0 aliphatic carbocycles. The van der Waals surface area contributed by atoms with E-state index < -0.39 is 17.4 Å². The number of amides is 1. The topological polar surface area (TPSA) is 104 Å². The second-order valence-electron chi connectivity index (χ2n) is 5.17. The van der Waals surface area contributed by atoms with E-state index in [0.29, 0.717) is 16.6 Å². The fourth-order valence-corrected chi connectivity index (χ4v) is 1.98. The number of carboxylic acid groups (broad SMARTS) is 1. The molecule has 0 aliphatic rings. The number of H-pyrrole nitrogens is 1. The molecule has 2 rings (SSSR count). The number of carbonyl (C=O) groups excluding carboxylic acids is 1. The standard InChI is InChI=1S/C14H17N3O4/c1-4-14(2,12(19)20)16-11(18)8-5-6-9-10(7-8)17(3)13(21)15-9/h5-7H,4H2,1-3H3,(H,15,21)(H,16,18)(H,19,20). The third kappa shape index (κ3) is 2.54. The Balaban J connectivity index is 2.38. The van der Waals surface area contributed by atoms with Crippen LogP contribution in [0.5, 0.6) is 0 Å². The molecule has 0 saturated heterocycles. The van der Waals surface area contributed by atoms with Gasteiger partial charge in [0, 0.05) is 12.6 Å². The van der Waals surface area contributed by atoms with Gasteiger partial charge in [0.2, 0.25) is 0 Å². The quantitative estimate of drug-likeness (QED) is 0.776. The van der Waals surface area contributed by atoms with Gasteiger partial charge in [0.15, 0.2) is 0 Å². The molecule has 2 aromatic rings. The second kappa shape index (κ2) is 5.08. The van der Waals surface area contributed by atoms with Crippen LogP contribution in [0.3, 0.4) is 0 Å². The van der Waals surface area contributed by atoms with Crippen molar-refractivity contribution in [3.05, 3.63) is 34.2 Å². The van der Waals surface area contributed by atoms with Crippen LogP contribution < -0.4 is 11.0 Å². The molecular weight excluding hydrogens is 274 g/mol. The molecule has 1 heterocycles. The third-order valence-corrected chi connectivity index (χ3v) is 3.74. The zero-order valence-corrected chi connectivity index (χ0v) is 12.1. The molecule has 0 spiro atoms. The molecule has 7 heteroatoms. The Labute approximate surface area is 120 Å². The van der Waals surface area contributed by atoms with Crippen LogP contribution in [-0.2, 0) is 11.8 Å². The predicted octanol–water partition coefficient (Wildman–Crippen LogP) is 0.850. The lowest BCUT2D eigenvalue weighted by Crippen LogP contribution is -2.51. The van der Waals surface area contributed by atoms with E-state index >= 15 is 0 Å². The van der Waals surface area contributed by atoms with E-state index in [4.69, 9.17) is 0 Å². The number of carbonyl (C=O) groups is 2. The molecule has 1 aromatic carbocycles. The largest absolute Gasteiger partial charge is 0.480 e. The molecule has 1 atom stereocenters. The van der Waals surface area contributed by atoms with Crippen molar-refractivity contribution in [2.45, 2.75) is 25.8 Å². The molecule has 0 bridgehead atoms. The minimum Gasteiger partial charge on any atom is -0.480 e. The average Bonchev–Trinajstić information content (AvgIpc) is 2.73. The molecule has 0 saturated carbocycles. The van der Waals surface area contributed by atoms with Gasteiger partial charge in [-0.3, -0.25) is 9.36 Å². The Kier molecular flexibility index (Phi) is 3.59. The zero-order valence-electron chi connectivity index (χ0n) is 12.1. The third-order valence-electron chi connectivity index (χ3n) is 3.74. The van der Waals surface area contributed by atoms with Gasteiger partial charge < -0.3 is 15.4 Å². The van der Waals surface area contributed by atoms with E-state index in [0.717, 1.165) is 0 Å². The van der Waals surface area contributed by atoms with Crippen molar-refractivity contribution in [2.24, 2.45) is 7.05 Å². The van der Waals surface area contributed by atoms with Crippen LogP contribution in [0.1, 0.15) is 30.6 Å². The molecule has 112 valence electrons. The number of hydrogen-bond donors (Lipinski definition) is 3. The van der Waals surface area contributed by atoms with Gasteiger partial charge in [-0.15, -0.1) is 0 Å². The molecule has 0 radical (unpaired) electrons. The monoisotopic (exact) mass is 291 g/mol. The minimum absolute atomic E-state index is 0.263. The normalized spacial score (nSPS) is 13.9. The van der Waals surface area contributed by atoms with Crippen LogP contribution in [0.25, 0.3) is 11.0 Å². The first-order valence-electron chi connectivity index (χ1n) is 6.53. The number of aromatic nitrogens is 2. The highest BCUT2D eigenvalue weighted by molar-refractivity contribution is 6.00. The van der Waals surface area contributed by atoms with E-state index in [1.54, 1.807) is 32.2 Å². The maximum atomic E-state index is 12.2. The molecule has 1 unspecified atom stereocenters. The van der Waals surface area contributed by atoms with Crippen molar-refractivity contribution < 1.29 is 14.7 Å². The number of aliphatic carboxylic acids is 1. The Morgan fingerprint density at radius 3 is 2.67 bits per heavy atom. The van der Waals surface area contributed by atoms with Crippen molar-refractivity contribution >= 4 is 22.9 Å². The van der Waals surface area contributed by atoms with Gasteiger partial charge in [0.25, 0.3) is 5.91 Å². The summed E-state index contributed by atoms with van der Waals surface area (Å²) in [5, 5.41) is 11.7. The van der Waals surface area contributed by atoms with Crippen LogP contribution in [0, 0.1) is 0 Å². The Hall–Kier alpha value is -2.57. The van der Waals surface area contributed by atoms with Crippen LogP contribution in [0.4, 0.5) is 0 Å². The highest BCUT2D eigenvalue weighted by Gasteiger charge is 2.33. The first-order valence-corrected chi connectivity index (χ1v) is 6.53. The summed E-state index contributed by atoms with van der Waals surface area (Å²) in [5.74, 6) is -1.58. The Morgan fingerprint density at radius 2 is 2.10 bits per heavy atom. The van der Waals surface area contributed by atoms with Gasteiger partial charge in [-0.2, -0.15) is 0 Å². The smallest absolute Gasteiger partial charge is 0.329 e. The Bertz CT molecular complexity index is 774. The van der Waals surface area contributed by atoms with Gasteiger partial charge in [0.05, 0.1) is 11.0 Å². The summed E-state index contributed by atoms with van der Waals surface area (Å²) >= 11 is 0. The first kappa shape index (κ1) is 14.8. The fraction of sp³-hybridized carbons (Fsp3) is 0.357. The number of aromatic amines is 1. The van der Waals surface area contributed by atoms with Crippen molar-refractivity contribution in [3.8, 4) is 0 Å². The van der Waals surface area contributed by atoms with E-state index in [2.05, 4.69) is 10.3 Å². The molecule has 0 aliphatic heterocycles. The van der Waals surface area contributed by atoms with Crippen molar-refractivity contribution in [3.63, 3.8) is 0 Å². The first-order chi connectivity index (χ1) is 9.78. The maximum absolute atomic E-state index is 12.2. The predicted molar refractivity (Wildman–Crippen MR) is 77.3 cm³/mol. The molecule has 7 nitrogen and oxygen atoms in total. The number of nitrogens with zero attached hydrogens (tertiary/aromatic N) is 1. The summed E-state index contributed by atoms with van der Waals surface area (Å²) in [7, 11) is 1.59. The van der Waals surface area contributed by atoms with Crippen LogP contribution >= 0.6 is 0 Å². The lowest BCUT2D eigenvalue weighted by Gasteiger charge is -2.24. The number of fused-ring (bicyclic) bond motifs is 1. The van der Waals surface area contributed by atoms with E-state index in [-0.39, 0.29) is 12.1 Å². The van der Waals surface area contributed by atoms with Gasteiger partial charge in [-0.05, 0) is 31.5 Å². The lowest BCUT2D eigenvalue weighted by molar-refractivity contribution is -0.143. The molecule has 1 aromatic heterocycles. The van der Waals surface area contributed by atoms with E-state index in [1.807, 2.05) is 0 Å². The van der Waals surface area contributed by atoms with Crippen molar-refractivity contribution in [1.29, 1.82) is 0 Å². The van der Waals surface area contributed by atoms with E-state index in [9.17, 15) is 19.5 Å². The summed E-state index contributed by atoms with van der Waals surface area (Å²) in [6.07, 6.45) is 0.263. The molecule has 21 heavy (non-hydrogen) atoms. The van der Waals surface area contributed by atoms with Crippen molar-refractivity contribution in [1.82, 2.24) is 14.9 Å². The number of nitrogens with one attached hydrogen (secondary N) is 2. The molecular formula is C14H17N3O4. The number of carboxylic acids is 1. The highest BCUT2D eigenvalue weighted by Crippen LogP contribution is 2.15. The highest BCUT2D eigenvalue weighted by atomic mass is 16.4. The summed E-state index contributed by atoms with van der Waals surface area (Å²) in [5.41, 5.74) is -0.0861. The van der Waals surface area contributed by atoms with Gasteiger partial charge >= 0.3 is 11.7 Å². The number of hydrogen-bond acceptors (Lipinski definition) is 3. The Morgan fingerprint density at radius 1 is 1.43 bits per heavy atom. The average molecular weight is 291 g/mol. The lowest BCUT2D eigenvalue weighted by atomic mass is 9.98. The van der Waals surface area contributed by atoms with Crippen molar-refractivity contribution in [2.75, 3.05) is 0 Å². The number of rotatable bonds is 4. The number of imidazole rings is 1. The molecule has 0 fully saturated rings. The van der Waals surface area contributed by atoms with Gasteiger partial charge in [-0.25, -0.2) is 9.59 Å². The summed E-state index contributed by atoms with van der Waals surface area (Å²) in [6.45, 7) is 3.14. The van der Waals surface area contributed by atoms with Gasteiger partial charge in [-0.1, -0.05) is 6.92 Å². The fourth-order valence-electron chi connectivity index (χ4n) is 1.98. The van der Waals surface area contributed by atoms with E-state index in [1.165, 1.54) is 11.5 Å². The van der Waals surface area contributed by atoms with Crippen LogP contribution in [0.15, 0.2) is 23.0 Å². The van der Waals surface area contributed by atoms with Gasteiger partial charge in [0.1, 0.15) is 5.54 Å². The number of benzene rings is 1. The summed E-state index contributed by atoms with van der Waals surface area (Å²) in [4.78, 5) is 37.6. The second-order valence-corrected chi connectivity index (χ2v) is 5.17. The number of aryl methyl sites for hydroxylation is 1. The summed E-state index contributed by atoms with van der Waals surface area (Å²) < 4.78 is 1.39. The minimum atomic E-state index is -1.32. The molecule has 1 amide bonds. The SMILES string of the molecule is CCC(C)(NC(=O)c1ccc2[nH]c(=O)n(C)c2c1)C(=O)O. The van der Waals surface area contributed by atoms with Crippen LogP contribution in [-0.4, -0.2) is 32.1 Å². The maximum Gasteiger partial charge on any atom is 0.329 e.